The summed E-state index contributed by atoms with van der Waals surface area (Å²) in [6, 6.07) is 20.8. The molecule has 1 unspecified atom stereocenters. The fourth-order valence-corrected chi connectivity index (χ4v) is 4.87. The summed E-state index contributed by atoms with van der Waals surface area (Å²) in [6.07, 6.45) is -0.0919. The summed E-state index contributed by atoms with van der Waals surface area (Å²) in [5.74, 6) is 0.903. The molecule has 2 heterocycles. The van der Waals surface area contributed by atoms with Crippen LogP contribution in [0.15, 0.2) is 60.7 Å². The van der Waals surface area contributed by atoms with Crippen molar-refractivity contribution in [2.24, 2.45) is 0 Å². The highest BCUT2D eigenvalue weighted by atomic mass is 32.1. The summed E-state index contributed by atoms with van der Waals surface area (Å²) in [5.41, 5.74) is 3.47. The van der Waals surface area contributed by atoms with E-state index in [0.717, 1.165) is 41.5 Å². The minimum absolute atomic E-state index is 0.0414. The number of hydrogen-bond donors (Lipinski definition) is 1. The van der Waals surface area contributed by atoms with Crippen LogP contribution in [0.4, 0.5) is 5.00 Å². The van der Waals surface area contributed by atoms with Crippen LogP contribution in [0.3, 0.4) is 0 Å². The maximum absolute atomic E-state index is 11.3. The molecule has 0 saturated heterocycles. The molecule has 4 rings (SSSR count). The smallest absolute Gasteiger partial charge is 0.221 e. The molecule has 1 N–H and O–H groups in total. The Bertz CT molecular complexity index is 1020. The maximum atomic E-state index is 11.3. The van der Waals surface area contributed by atoms with Gasteiger partial charge in [-0.05, 0) is 42.3 Å². The molecule has 0 fully saturated rings. The number of amides is 1. The van der Waals surface area contributed by atoms with E-state index in [1.807, 2.05) is 31.2 Å². The number of fused-ring (bicyclic) bond motifs is 1. The van der Waals surface area contributed by atoms with Crippen LogP contribution in [0.1, 0.15) is 41.5 Å². The van der Waals surface area contributed by atoms with Gasteiger partial charge in [0.2, 0.25) is 5.91 Å². The average molecular weight is 437 g/mol. The second-order valence-electron chi connectivity index (χ2n) is 7.62. The lowest BCUT2D eigenvalue weighted by molar-refractivity contribution is -0.114. The number of thiophene rings is 1. The van der Waals surface area contributed by atoms with Crippen molar-refractivity contribution in [2.75, 3.05) is 25.1 Å². The number of benzene rings is 2. The van der Waals surface area contributed by atoms with Gasteiger partial charge in [-0.15, -0.1) is 11.3 Å². The first-order valence-corrected chi connectivity index (χ1v) is 11.4. The first kappa shape index (κ1) is 21.6. The number of nitrogens with one attached hydrogen (secondary N) is 1. The van der Waals surface area contributed by atoms with Crippen LogP contribution in [-0.4, -0.2) is 30.6 Å². The lowest BCUT2D eigenvalue weighted by Crippen LogP contribution is -2.24. The fraction of sp³-hybridized carbons (Fsp3) is 0.320. The van der Waals surface area contributed by atoms with Crippen molar-refractivity contribution in [3.63, 3.8) is 0 Å². The standard InChI is InChI=1S/C25H28N2O3S/c1-3-29-25(19-7-5-4-6-8-19)20-9-11-23-21(15-20)16-27(13-14-30-23)17-22-10-12-24(31-22)26-18(2)28/h4-12,15,25H,3,13-14,16-17H2,1-2H3,(H,26,28). The van der Waals surface area contributed by atoms with Crippen molar-refractivity contribution < 1.29 is 14.3 Å². The van der Waals surface area contributed by atoms with Crippen molar-refractivity contribution in [3.8, 4) is 5.75 Å². The van der Waals surface area contributed by atoms with Crippen LogP contribution in [0, 0.1) is 0 Å². The van der Waals surface area contributed by atoms with Crippen LogP contribution in [0.5, 0.6) is 5.75 Å². The second kappa shape index (κ2) is 10.1. The molecule has 1 aliphatic rings. The van der Waals surface area contributed by atoms with Crippen molar-refractivity contribution in [3.05, 3.63) is 82.2 Å². The average Bonchev–Trinajstić information content (AvgIpc) is 3.08. The number of carbonyl (C=O) groups excluding carboxylic acids is 1. The molecule has 1 aliphatic heterocycles. The molecule has 5 nitrogen and oxygen atoms in total. The topological polar surface area (TPSA) is 50.8 Å². The number of rotatable bonds is 7. The molecular weight excluding hydrogens is 408 g/mol. The number of carbonyl (C=O) groups is 1. The van der Waals surface area contributed by atoms with E-state index in [2.05, 4.69) is 46.6 Å². The number of nitrogens with zero attached hydrogens (tertiary/aromatic N) is 1. The van der Waals surface area contributed by atoms with E-state index >= 15 is 0 Å². The Hall–Kier alpha value is -2.67. The third kappa shape index (κ3) is 5.53. The Morgan fingerprint density at radius 3 is 2.77 bits per heavy atom. The predicted octanol–water partition coefficient (Wildman–Crippen LogP) is 5.23. The summed E-state index contributed by atoms with van der Waals surface area (Å²) in [6.45, 7) is 7.35. The summed E-state index contributed by atoms with van der Waals surface area (Å²) in [4.78, 5) is 14.9. The maximum Gasteiger partial charge on any atom is 0.221 e. The van der Waals surface area contributed by atoms with Gasteiger partial charge in [0.05, 0.1) is 5.00 Å². The highest BCUT2D eigenvalue weighted by Crippen LogP contribution is 2.32. The second-order valence-corrected chi connectivity index (χ2v) is 8.79. The first-order chi connectivity index (χ1) is 15.1. The van der Waals surface area contributed by atoms with Gasteiger partial charge in [0.25, 0.3) is 0 Å². The molecule has 0 saturated carbocycles. The molecule has 0 spiro atoms. The highest BCUT2D eigenvalue weighted by Gasteiger charge is 2.20. The van der Waals surface area contributed by atoms with Gasteiger partial charge in [-0.2, -0.15) is 0 Å². The van der Waals surface area contributed by atoms with E-state index in [1.54, 1.807) is 11.3 Å². The van der Waals surface area contributed by atoms with E-state index in [-0.39, 0.29) is 12.0 Å². The quantitative estimate of drug-likeness (QED) is 0.551. The number of ether oxygens (including phenoxy) is 2. The lowest BCUT2D eigenvalue weighted by Gasteiger charge is -2.21. The van der Waals surface area contributed by atoms with E-state index < -0.39 is 0 Å². The van der Waals surface area contributed by atoms with Gasteiger partial charge < -0.3 is 14.8 Å². The normalized spacial score (nSPS) is 14.9. The Morgan fingerprint density at radius 2 is 2.00 bits per heavy atom. The van der Waals surface area contributed by atoms with Crippen molar-refractivity contribution in [2.45, 2.75) is 33.0 Å². The minimum atomic E-state index is -0.0919. The molecule has 0 aliphatic carbocycles. The van der Waals surface area contributed by atoms with Gasteiger partial charge in [0.15, 0.2) is 0 Å². The highest BCUT2D eigenvalue weighted by molar-refractivity contribution is 7.16. The van der Waals surface area contributed by atoms with Crippen LogP contribution in [0.2, 0.25) is 0 Å². The third-order valence-electron chi connectivity index (χ3n) is 5.22. The Morgan fingerprint density at radius 1 is 1.16 bits per heavy atom. The molecular formula is C25H28N2O3S. The van der Waals surface area contributed by atoms with E-state index in [9.17, 15) is 4.79 Å². The Kier molecular flexibility index (Phi) is 7.02. The zero-order valence-corrected chi connectivity index (χ0v) is 18.8. The van der Waals surface area contributed by atoms with E-state index in [4.69, 9.17) is 9.47 Å². The molecule has 1 amide bonds. The van der Waals surface area contributed by atoms with Crippen LogP contribution in [-0.2, 0) is 22.6 Å². The van der Waals surface area contributed by atoms with Gasteiger partial charge in [-0.3, -0.25) is 9.69 Å². The van der Waals surface area contributed by atoms with Gasteiger partial charge >= 0.3 is 0 Å². The van der Waals surface area contributed by atoms with Crippen LogP contribution < -0.4 is 10.1 Å². The summed E-state index contributed by atoms with van der Waals surface area (Å²) in [5, 5.41) is 3.75. The fourth-order valence-electron chi connectivity index (χ4n) is 3.87. The molecule has 1 atom stereocenters. The molecule has 31 heavy (non-hydrogen) atoms. The van der Waals surface area contributed by atoms with Gasteiger partial charge in [-0.1, -0.05) is 36.4 Å². The Balaban J connectivity index is 1.53. The van der Waals surface area contributed by atoms with E-state index in [1.165, 1.54) is 17.4 Å². The number of anilines is 1. The molecule has 2 aromatic carbocycles. The van der Waals surface area contributed by atoms with Gasteiger partial charge in [0.1, 0.15) is 18.5 Å². The van der Waals surface area contributed by atoms with Gasteiger partial charge in [0, 0.05) is 43.6 Å². The van der Waals surface area contributed by atoms with E-state index in [0.29, 0.717) is 13.2 Å². The molecule has 3 aromatic rings. The summed E-state index contributed by atoms with van der Waals surface area (Å²) >= 11 is 1.62. The van der Waals surface area contributed by atoms with Crippen LogP contribution in [0.25, 0.3) is 0 Å². The lowest BCUT2D eigenvalue weighted by atomic mass is 9.99. The molecule has 6 heteroatoms. The first-order valence-electron chi connectivity index (χ1n) is 10.6. The molecule has 1 aromatic heterocycles. The van der Waals surface area contributed by atoms with Crippen LogP contribution >= 0.6 is 11.3 Å². The molecule has 162 valence electrons. The summed E-state index contributed by atoms with van der Waals surface area (Å²) in [7, 11) is 0. The minimum Gasteiger partial charge on any atom is -0.492 e. The van der Waals surface area contributed by atoms with Crippen molar-refractivity contribution in [1.82, 2.24) is 4.90 Å². The van der Waals surface area contributed by atoms with Gasteiger partial charge in [-0.25, -0.2) is 0 Å². The molecule has 0 radical (unpaired) electrons. The van der Waals surface area contributed by atoms with Crippen molar-refractivity contribution in [1.29, 1.82) is 0 Å². The SMILES string of the molecule is CCOC(c1ccccc1)c1ccc2c(c1)CN(Cc1ccc(NC(C)=O)s1)CCO2. The largest absolute Gasteiger partial charge is 0.492 e. The number of hydrogen-bond acceptors (Lipinski definition) is 5. The molecule has 0 bridgehead atoms. The summed E-state index contributed by atoms with van der Waals surface area (Å²) < 4.78 is 12.1. The monoisotopic (exact) mass is 436 g/mol. The Labute approximate surface area is 187 Å². The third-order valence-corrected chi connectivity index (χ3v) is 6.21. The zero-order valence-electron chi connectivity index (χ0n) is 18.0. The zero-order chi connectivity index (χ0) is 21.6. The van der Waals surface area contributed by atoms with Crippen molar-refractivity contribution >= 4 is 22.2 Å². The predicted molar refractivity (Wildman–Crippen MR) is 125 cm³/mol.